The first-order valence-corrected chi connectivity index (χ1v) is 11.2. The van der Waals surface area contributed by atoms with E-state index in [2.05, 4.69) is 66.0 Å². The molecule has 1 nitrogen and oxygen atoms in total. The van der Waals surface area contributed by atoms with Gasteiger partial charge >= 0.3 is 38.5 Å². The minimum absolute atomic E-state index is 0. The van der Waals surface area contributed by atoms with Crippen LogP contribution < -0.4 is 0 Å². The summed E-state index contributed by atoms with van der Waals surface area (Å²) in [4.78, 5) is 0. The summed E-state index contributed by atoms with van der Waals surface area (Å²) in [5.74, 6) is 0.560. The quantitative estimate of drug-likeness (QED) is 0.358. The Kier molecular flexibility index (Phi) is 19.7. The van der Waals surface area contributed by atoms with Crippen molar-refractivity contribution in [3.63, 3.8) is 0 Å². The molecule has 1 unspecified atom stereocenters. The maximum atomic E-state index is 6.94. The van der Waals surface area contributed by atoms with Gasteiger partial charge in [-0.15, -0.1) is 37.3 Å². The van der Waals surface area contributed by atoms with Gasteiger partial charge in [0.2, 0.25) is 0 Å². The molecule has 118 valence electrons. The number of nitrogens with one attached hydrogen (secondary N) is 1. The third-order valence-corrected chi connectivity index (χ3v) is 2.24. The predicted octanol–water partition coefficient (Wildman–Crippen LogP) is 6.19. The smallest absolute Gasteiger partial charge is 0.147 e. The van der Waals surface area contributed by atoms with Crippen molar-refractivity contribution >= 4 is 31.0 Å². The van der Waals surface area contributed by atoms with Crippen LogP contribution >= 0.6 is 24.8 Å². The van der Waals surface area contributed by atoms with Crippen LogP contribution in [-0.2, 0) is 19.2 Å². The van der Waals surface area contributed by atoms with Gasteiger partial charge in [-0.3, -0.25) is 6.08 Å². The Bertz CT molecular complexity index is 334. The summed E-state index contributed by atoms with van der Waals surface area (Å²) in [6.07, 6.45) is 3.48. The Morgan fingerprint density at radius 1 is 1.10 bits per heavy atom. The third kappa shape index (κ3) is 21.3. The topological polar surface area (TPSA) is 23.8 Å². The van der Waals surface area contributed by atoms with Crippen molar-refractivity contribution in [1.82, 2.24) is 0 Å². The van der Waals surface area contributed by atoms with Crippen LogP contribution in [-0.4, -0.2) is 11.7 Å². The second-order valence-electron chi connectivity index (χ2n) is 6.05. The molecule has 1 aliphatic rings. The van der Waals surface area contributed by atoms with Crippen molar-refractivity contribution in [2.45, 2.75) is 67.1 Å². The molecule has 0 radical (unpaired) electrons. The van der Waals surface area contributed by atoms with E-state index in [0.717, 1.165) is 0 Å². The first-order valence-electron chi connectivity index (χ1n) is 6.40. The van der Waals surface area contributed by atoms with E-state index in [1.54, 1.807) is 0 Å². The fourth-order valence-electron chi connectivity index (χ4n) is 1.16. The van der Waals surface area contributed by atoms with Crippen molar-refractivity contribution in [3.8, 4) is 0 Å². The van der Waals surface area contributed by atoms with E-state index in [-0.39, 0.29) is 36.5 Å². The maximum absolute atomic E-state index is 6.94. The Morgan fingerprint density at radius 2 is 1.35 bits per heavy atom. The number of hydrogen-bond acceptors (Lipinski definition) is 0. The van der Waals surface area contributed by atoms with Gasteiger partial charge in [-0.1, -0.05) is 47.5 Å². The molecule has 0 aromatic rings. The van der Waals surface area contributed by atoms with Gasteiger partial charge in [0.05, 0.1) is 0 Å². The van der Waals surface area contributed by atoms with E-state index in [4.69, 9.17) is 5.73 Å². The summed E-state index contributed by atoms with van der Waals surface area (Å²) in [5, 5.41) is 0. The molecule has 0 aromatic heterocycles. The molecule has 1 N–H and O–H groups in total. The van der Waals surface area contributed by atoms with Crippen LogP contribution in [0.25, 0.3) is 5.73 Å². The van der Waals surface area contributed by atoms with Crippen LogP contribution in [0.1, 0.15) is 48.5 Å². The Morgan fingerprint density at radius 3 is 1.40 bits per heavy atom. The summed E-state index contributed by atoms with van der Waals surface area (Å²) in [6, 6.07) is 0. The van der Waals surface area contributed by atoms with E-state index in [0.29, 0.717) is 5.92 Å². The molecular formula is C15H31Cl2NSiTi. The summed E-state index contributed by atoms with van der Waals surface area (Å²) in [7, 11) is 0. The van der Waals surface area contributed by atoms with E-state index in [1.807, 2.05) is 20.8 Å². The molecule has 1 rings (SSSR count). The molecule has 0 spiro atoms. The van der Waals surface area contributed by atoms with Gasteiger partial charge in [0.15, 0.2) is 0 Å². The van der Waals surface area contributed by atoms with Crippen molar-refractivity contribution in [3.05, 3.63) is 28.5 Å². The van der Waals surface area contributed by atoms with E-state index in [9.17, 15) is 0 Å². The zero-order chi connectivity index (χ0) is 15.1. The average molecular weight is 372 g/mol. The van der Waals surface area contributed by atoms with Crippen LogP contribution in [0.4, 0.5) is 0 Å². The molecule has 1 aliphatic carbocycles. The molecule has 0 aromatic carbocycles. The Hall–Kier alpha value is 0.951. The zero-order valence-electron chi connectivity index (χ0n) is 14.4. The van der Waals surface area contributed by atoms with Gasteiger partial charge in [0, 0.05) is 0 Å². The molecule has 0 fully saturated rings. The van der Waals surface area contributed by atoms with Gasteiger partial charge in [0.25, 0.3) is 0 Å². The largest absolute Gasteiger partial charge is 0.147 e. The van der Waals surface area contributed by atoms with Gasteiger partial charge in [-0.2, -0.15) is 11.1 Å². The number of halogens is 2. The van der Waals surface area contributed by atoms with Crippen molar-refractivity contribution in [1.29, 1.82) is 0 Å². The average Bonchev–Trinajstić information content (AvgIpc) is 2.29. The van der Waals surface area contributed by atoms with Crippen LogP contribution in [0, 0.1) is 12.0 Å². The second kappa shape index (κ2) is 13.6. The minimum Gasteiger partial charge on any atom is -0.147 e. The number of allylic oxidation sites excluding steroid dienone is 4. The first kappa shape index (κ1) is 29.0. The monoisotopic (exact) mass is 371 g/mol. The second-order valence-corrected chi connectivity index (χ2v) is 12.7. The minimum atomic E-state index is -0.250. The molecule has 0 amide bonds. The van der Waals surface area contributed by atoms with Crippen LogP contribution in [0.3, 0.4) is 0 Å². The number of rotatable bonds is 0. The van der Waals surface area contributed by atoms with Gasteiger partial charge in [0.1, 0.15) is 0 Å². The van der Waals surface area contributed by atoms with E-state index >= 15 is 0 Å². The standard InChI is InChI=1S/C9H13.C4H10N.C2H6Si.2ClH.Ti/c1-6-5-7(2)9(4)8(6)3;1-4(2,3)5;1-3-2;;;/h6H,1-4H3;5H,1-3H3;1-2H3;2*1H;/q2*-1;;;;+2. The molecule has 5 heteroatoms. The zero-order valence-corrected chi connectivity index (χ0v) is 18.6. The first-order chi connectivity index (χ1) is 7.86. The SMILES string of the molecule is CC(C)(C)[NH-].CC1=[C-]C(C)C(C)=C1C.C[Si](C)=[Ti+2].Cl.Cl. The van der Waals surface area contributed by atoms with Gasteiger partial charge < -0.3 is 5.73 Å². The molecule has 0 saturated carbocycles. The summed E-state index contributed by atoms with van der Waals surface area (Å²) in [6.45, 7) is 18.8. The summed E-state index contributed by atoms with van der Waals surface area (Å²) in [5.41, 5.74) is 10.9. The van der Waals surface area contributed by atoms with Crippen LogP contribution in [0.5, 0.6) is 0 Å². The molecule has 0 bridgehead atoms. The van der Waals surface area contributed by atoms with Gasteiger partial charge in [-0.25, -0.2) is 5.57 Å². The van der Waals surface area contributed by atoms with E-state index in [1.165, 1.54) is 16.7 Å². The van der Waals surface area contributed by atoms with Crippen LogP contribution in [0.2, 0.25) is 13.1 Å². The predicted molar refractivity (Wildman–Crippen MR) is 96.0 cm³/mol. The third-order valence-electron chi connectivity index (χ3n) is 2.24. The van der Waals surface area contributed by atoms with Crippen LogP contribution in [0.15, 0.2) is 16.7 Å². The molecule has 1 atom stereocenters. The van der Waals surface area contributed by atoms with Crippen molar-refractivity contribution in [2.75, 3.05) is 0 Å². The maximum Gasteiger partial charge on any atom is -0.147 e. The van der Waals surface area contributed by atoms with E-state index < -0.39 is 0 Å². The Balaban J connectivity index is -0.000000102. The van der Waals surface area contributed by atoms with Crippen molar-refractivity contribution < 1.29 is 19.2 Å². The molecule has 20 heavy (non-hydrogen) atoms. The summed E-state index contributed by atoms with van der Waals surface area (Å²) < 4.78 is 0. The molecule has 0 heterocycles. The van der Waals surface area contributed by atoms with Crippen molar-refractivity contribution in [2.24, 2.45) is 5.92 Å². The Labute approximate surface area is 151 Å². The number of hydrogen-bond donors (Lipinski definition) is 0. The fraction of sp³-hybridized carbons (Fsp3) is 0.733. The van der Waals surface area contributed by atoms with Gasteiger partial charge in [-0.05, 0) is 0 Å². The molecular weight excluding hydrogens is 341 g/mol. The molecule has 0 aliphatic heterocycles. The molecule has 0 saturated heterocycles. The summed E-state index contributed by atoms with van der Waals surface area (Å²) >= 11 is 2.27. The normalized spacial score (nSPS) is 16.6. The fourth-order valence-corrected chi connectivity index (χ4v) is 1.16.